The third-order valence-electron chi connectivity index (χ3n) is 5.92. The number of nitrogens with zero attached hydrogens (tertiary/aromatic N) is 3. The van der Waals surface area contributed by atoms with Crippen molar-refractivity contribution in [2.24, 2.45) is 0 Å². The average molecular weight is 463 g/mol. The number of hydrogen-bond acceptors (Lipinski definition) is 6. The zero-order chi connectivity index (χ0) is 24.2. The van der Waals surface area contributed by atoms with Gasteiger partial charge in [-0.05, 0) is 70.1 Å². The Labute approximate surface area is 203 Å². The van der Waals surface area contributed by atoms with Crippen molar-refractivity contribution in [1.82, 2.24) is 14.9 Å². The Balaban J connectivity index is 1.66. The number of pyridine rings is 1. The Morgan fingerprint density at radius 1 is 0.971 bits per heavy atom. The summed E-state index contributed by atoms with van der Waals surface area (Å²) >= 11 is 0. The van der Waals surface area contributed by atoms with Crippen molar-refractivity contribution in [2.45, 2.75) is 59.3 Å². The summed E-state index contributed by atoms with van der Waals surface area (Å²) < 4.78 is 7.35. The van der Waals surface area contributed by atoms with Crippen LogP contribution in [0.15, 0.2) is 36.5 Å². The monoisotopic (exact) mass is 462 g/mol. The van der Waals surface area contributed by atoms with Crippen LogP contribution in [0.5, 0.6) is 5.75 Å². The van der Waals surface area contributed by atoms with Crippen LogP contribution < -0.4 is 20.7 Å². The van der Waals surface area contributed by atoms with Crippen LogP contribution >= 0.6 is 0 Å². The molecule has 3 rings (SSSR count). The summed E-state index contributed by atoms with van der Waals surface area (Å²) in [4.78, 5) is 0. The number of unbranched alkanes of at least 4 members (excludes halogenated alkanes) is 4. The summed E-state index contributed by atoms with van der Waals surface area (Å²) in [7, 11) is 0. The van der Waals surface area contributed by atoms with Gasteiger partial charge in [0, 0.05) is 17.8 Å². The molecule has 0 aliphatic carbocycles. The van der Waals surface area contributed by atoms with E-state index in [0.717, 1.165) is 60.1 Å². The van der Waals surface area contributed by atoms with Crippen molar-refractivity contribution >= 4 is 22.7 Å². The number of aromatic nitrogens is 2. The first-order valence-corrected chi connectivity index (χ1v) is 12.5. The number of hydrogen-bond donors (Lipinski definition) is 3. The van der Waals surface area contributed by atoms with Gasteiger partial charge < -0.3 is 20.7 Å². The van der Waals surface area contributed by atoms with Crippen molar-refractivity contribution in [3.05, 3.63) is 47.7 Å². The van der Waals surface area contributed by atoms with Crippen LogP contribution in [-0.2, 0) is 0 Å². The molecule has 0 aliphatic heterocycles. The molecule has 0 saturated heterocycles. The van der Waals surface area contributed by atoms with Gasteiger partial charge in [-0.15, -0.1) is 0 Å². The lowest BCUT2D eigenvalue weighted by Gasteiger charge is -2.19. The third kappa shape index (κ3) is 6.64. The van der Waals surface area contributed by atoms with Crippen molar-refractivity contribution in [2.75, 3.05) is 36.9 Å². The molecule has 3 N–H and O–H groups in total. The number of benzene rings is 1. The molecular formula is C27H38N6O. The summed E-state index contributed by atoms with van der Waals surface area (Å²) in [6.45, 7) is 9.71. The number of anilines is 3. The minimum Gasteiger partial charge on any atom is -0.494 e. The summed E-state index contributed by atoms with van der Waals surface area (Å²) in [6, 6.07) is 12.1. The number of nitriles is 1. The van der Waals surface area contributed by atoms with Crippen LogP contribution in [0.2, 0.25) is 0 Å². The van der Waals surface area contributed by atoms with Gasteiger partial charge in [-0.3, -0.25) is 0 Å². The molecule has 34 heavy (non-hydrogen) atoms. The van der Waals surface area contributed by atoms with E-state index in [1.54, 1.807) is 10.7 Å². The molecule has 0 saturated carbocycles. The van der Waals surface area contributed by atoms with Gasteiger partial charge >= 0.3 is 0 Å². The second kappa shape index (κ2) is 13.5. The first kappa shape index (κ1) is 25.4. The first-order chi connectivity index (χ1) is 16.7. The first-order valence-electron chi connectivity index (χ1n) is 12.5. The molecule has 7 nitrogen and oxygen atoms in total. The zero-order valence-electron chi connectivity index (χ0n) is 20.8. The Morgan fingerprint density at radius 3 is 2.47 bits per heavy atom. The van der Waals surface area contributed by atoms with Crippen LogP contribution in [0.1, 0.15) is 63.5 Å². The lowest BCUT2D eigenvalue weighted by atomic mass is 10.1. The summed E-state index contributed by atoms with van der Waals surface area (Å²) in [5.74, 6) is 1.68. The van der Waals surface area contributed by atoms with Gasteiger partial charge in [0.05, 0.1) is 24.0 Å². The third-order valence-corrected chi connectivity index (χ3v) is 5.92. The molecule has 182 valence electrons. The zero-order valence-corrected chi connectivity index (χ0v) is 20.8. The fourth-order valence-corrected chi connectivity index (χ4v) is 4.09. The summed E-state index contributed by atoms with van der Waals surface area (Å²) in [6.07, 6.45) is 9.22. The maximum Gasteiger partial charge on any atom is 0.137 e. The van der Waals surface area contributed by atoms with Crippen molar-refractivity contribution < 1.29 is 4.74 Å². The minimum absolute atomic E-state index is 0.621. The number of fused-ring (bicyclic) bond motifs is 1. The highest BCUT2D eigenvalue weighted by atomic mass is 16.5. The molecular weight excluding hydrogens is 424 g/mol. The van der Waals surface area contributed by atoms with Crippen LogP contribution in [0.4, 0.5) is 17.2 Å². The average Bonchev–Trinajstić information content (AvgIpc) is 3.33. The molecule has 2 aromatic heterocycles. The van der Waals surface area contributed by atoms with Gasteiger partial charge in [-0.2, -0.15) is 10.4 Å². The van der Waals surface area contributed by atoms with Crippen LogP contribution in [-0.4, -0.2) is 35.9 Å². The quantitative estimate of drug-likeness (QED) is 0.240. The molecule has 0 bridgehead atoms. The number of rotatable bonds is 15. The highest BCUT2D eigenvalue weighted by molar-refractivity contribution is 5.82. The van der Waals surface area contributed by atoms with Crippen LogP contribution in [0, 0.1) is 18.3 Å². The molecule has 0 spiro atoms. The predicted octanol–water partition coefficient (Wildman–Crippen LogP) is 6.02. The Morgan fingerprint density at radius 2 is 1.74 bits per heavy atom. The molecule has 1 aromatic carbocycles. The Bertz CT molecular complexity index is 1070. The second-order valence-electron chi connectivity index (χ2n) is 8.49. The molecule has 0 atom stereocenters. The van der Waals surface area contributed by atoms with Gasteiger partial charge in [-0.25, -0.2) is 4.52 Å². The molecule has 0 amide bonds. The summed E-state index contributed by atoms with van der Waals surface area (Å²) in [5.41, 5.74) is 4.17. The van der Waals surface area contributed by atoms with E-state index in [-0.39, 0.29) is 0 Å². The van der Waals surface area contributed by atoms with Crippen molar-refractivity contribution in [3.8, 4) is 11.8 Å². The number of ether oxygens (including phenoxy) is 1. The summed E-state index contributed by atoms with van der Waals surface area (Å²) in [5, 5.41) is 24.9. The van der Waals surface area contributed by atoms with E-state index in [1.807, 2.05) is 44.2 Å². The van der Waals surface area contributed by atoms with Crippen LogP contribution in [0.25, 0.3) is 5.52 Å². The molecule has 2 heterocycles. The standard InChI is InChI=1S/C27H38N6O/c1-4-6-7-8-9-16-29-17-10-18-30-26-21(3)27(33-25(15-19-31-33)24(26)20-28)32-22-11-13-23(14-12-22)34-5-2/h11-15,19,29-30,32H,4-10,16-18H2,1-3H3. The normalized spacial score (nSPS) is 10.9. The molecule has 0 fully saturated rings. The van der Waals surface area contributed by atoms with E-state index in [9.17, 15) is 5.26 Å². The van der Waals surface area contributed by atoms with E-state index >= 15 is 0 Å². The van der Waals surface area contributed by atoms with Crippen molar-refractivity contribution in [3.63, 3.8) is 0 Å². The SMILES string of the molecule is CCCCCCCNCCCNc1c(C)c(Nc2ccc(OCC)cc2)n2nccc2c1C#N. The fraction of sp³-hybridized carbons (Fsp3) is 0.481. The highest BCUT2D eigenvalue weighted by Crippen LogP contribution is 2.33. The van der Waals surface area contributed by atoms with Crippen molar-refractivity contribution in [1.29, 1.82) is 5.26 Å². The van der Waals surface area contributed by atoms with Gasteiger partial charge in [0.1, 0.15) is 23.2 Å². The maximum atomic E-state index is 9.90. The highest BCUT2D eigenvalue weighted by Gasteiger charge is 2.18. The Kier molecular flexibility index (Phi) is 10.1. The number of nitrogens with one attached hydrogen (secondary N) is 3. The molecule has 7 heteroatoms. The van der Waals surface area contributed by atoms with Gasteiger partial charge in [0.2, 0.25) is 0 Å². The molecule has 0 aliphatic rings. The fourth-order valence-electron chi connectivity index (χ4n) is 4.09. The van der Waals surface area contributed by atoms with Gasteiger partial charge in [0.15, 0.2) is 0 Å². The Hall–Kier alpha value is -3.24. The van der Waals surface area contributed by atoms with E-state index in [1.165, 1.54) is 32.1 Å². The van der Waals surface area contributed by atoms with E-state index in [4.69, 9.17) is 4.74 Å². The lowest BCUT2D eigenvalue weighted by molar-refractivity contribution is 0.340. The van der Waals surface area contributed by atoms with Crippen LogP contribution in [0.3, 0.4) is 0 Å². The van der Waals surface area contributed by atoms with E-state index in [2.05, 4.69) is 34.0 Å². The molecule has 3 aromatic rings. The van der Waals surface area contributed by atoms with E-state index in [0.29, 0.717) is 12.2 Å². The molecule has 0 radical (unpaired) electrons. The van der Waals surface area contributed by atoms with E-state index < -0.39 is 0 Å². The lowest BCUT2D eigenvalue weighted by Crippen LogP contribution is -2.20. The van der Waals surface area contributed by atoms with Gasteiger partial charge in [-0.1, -0.05) is 32.6 Å². The topological polar surface area (TPSA) is 86.4 Å². The second-order valence-corrected chi connectivity index (χ2v) is 8.49. The molecule has 0 unspecified atom stereocenters. The maximum absolute atomic E-state index is 9.90. The smallest absolute Gasteiger partial charge is 0.137 e. The van der Waals surface area contributed by atoms with Gasteiger partial charge in [0.25, 0.3) is 0 Å². The predicted molar refractivity (Wildman–Crippen MR) is 140 cm³/mol. The minimum atomic E-state index is 0.621. The largest absolute Gasteiger partial charge is 0.494 e.